The van der Waals surface area contributed by atoms with Gasteiger partial charge in [-0.3, -0.25) is 14.5 Å². The predicted molar refractivity (Wildman–Crippen MR) is 75.3 cm³/mol. The quantitative estimate of drug-likeness (QED) is 0.629. The Kier molecular flexibility index (Phi) is 3.55. The van der Waals surface area contributed by atoms with Crippen molar-refractivity contribution in [1.82, 2.24) is 9.80 Å². The van der Waals surface area contributed by atoms with E-state index in [4.69, 9.17) is 0 Å². The molecule has 112 valence electrons. The van der Waals surface area contributed by atoms with E-state index in [1.807, 2.05) is 9.80 Å². The molecule has 2 fully saturated rings. The predicted octanol–water partition coefficient (Wildman–Crippen LogP) is 0.587. The van der Waals surface area contributed by atoms with Gasteiger partial charge in [-0.25, -0.2) is 0 Å². The number of hydrogen-bond acceptors (Lipinski definition) is 5. The van der Waals surface area contributed by atoms with E-state index in [2.05, 4.69) is 0 Å². The van der Waals surface area contributed by atoms with E-state index in [0.29, 0.717) is 25.1 Å². The van der Waals surface area contributed by atoms with Crippen molar-refractivity contribution in [3.8, 4) is 11.5 Å². The fourth-order valence-corrected chi connectivity index (χ4v) is 3.06. The second kappa shape index (κ2) is 5.37. The third-order valence-corrected chi connectivity index (χ3v) is 4.24. The number of ketones is 1. The Hall–Kier alpha value is -2.08. The zero-order chi connectivity index (χ0) is 15.0. The van der Waals surface area contributed by atoms with Gasteiger partial charge in [-0.2, -0.15) is 0 Å². The SMILES string of the molecule is O=C(CN1CCN2C(=O)CCC2C1)c1ccc(O)c(O)c1. The Morgan fingerprint density at radius 2 is 2.05 bits per heavy atom. The standard InChI is InChI=1S/C15H18N2O4/c18-12-3-1-10(7-13(12)19)14(20)9-16-5-6-17-11(8-16)2-4-15(17)21/h1,3,7,11,18-19H,2,4-6,8-9H2. The van der Waals surface area contributed by atoms with Gasteiger partial charge < -0.3 is 15.1 Å². The fourth-order valence-electron chi connectivity index (χ4n) is 3.06. The fraction of sp³-hybridized carbons (Fsp3) is 0.467. The van der Waals surface area contributed by atoms with Crippen LogP contribution in [0.3, 0.4) is 0 Å². The highest BCUT2D eigenvalue weighted by atomic mass is 16.3. The van der Waals surface area contributed by atoms with E-state index in [1.165, 1.54) is 18.2 Å². The van der Waals surface area contributed by atoms with Crippen molar-refractivity contribution in [2.45, 2.75) is 18.9 Å². The summed E-state index contributed by atoms with van der Waals surface area (Å²) in [5.74, 6) is -0.394. The van der Waals surface area contributed by atoms with Gasteiger partial charge in [-0.05, 0) is 24.6 Å². The van der Waals surface area contributed by atoms with Crippen molar-refractivity contribution < 1.29 is 19.8 Å². The summed E-state index contributed by atoms with van der Waals surface area (Å²) in [4.78, 5) is 27.8. The van der Waals surface area contributed by atoms with E-state index >= 15 is 0 Å². The van der Waals surface area contributed by atoms with Gasteiger partial charge >= 0.3 is 0 Å². The number of carbonyl (C=O) groups excluding carboxylic acids is 2. The molecule has 1 unspecified atom stereocenters. The van der Waals surface area contributed by atoms with E-state index in [-0.39, 0.29) is 35.8 Å². The van der Waals surface area contributed by atoms with E-state index in [9.17, 15) is 19.8 Å². The van der Waals surface area contributed by atoms with Crippen molar-refractivity contribution >= 4 is 11.7 Å². The molecule has 1 aromatic rings. The van der Waals surface area contributed by atoms with Gasteiger partial charge in [-0.15, -0.1) is 0 Å². The summed E-state index contributed by atoms with van der Waals surface area (Å²) in [7, 11) is 0. The Bertz CT molecular complexity index is 587. The number of phenolic OH excluding ortho intramolecular Hbond substituents is 2. The van der Waals surface area contributed by atoms with Crippen molar-refractivity contribution in [3.05, 3.63) is 23.8 Å². The summed E-state index contributed by atoms with van der Waals surface area (Å²) in [6, 6.07) is 4.34. The molecule has 0 radical (unpaired) electrons. The normalized spacial score (nSPS) is 22.4. The minimum absolute atomic E-state index is 0.0944. The van der Waals surface area contributed by atoms with Crippen LogP contribution in [0.5, 0.6) is 11.5 Å². The number of nitrogens with zero attached hydrogens (tertiary/aromatic N) is 2. The number of benzene rings is 1. The molecule has 0 saturated carbocycles. The van der Waals surface area contributed by atoms with Gasteiger partial charge in [-0.1, -0.05) is 0 Å². The monoisotopic (exact) mass is 290 g/mol. The van der Waals surface area contributed by atoms with Crippen LogP contribution in [0.4, 0.5) is 0 Å². The molecular weight excluding hydrogens is 272 g/mol. The molecule has 0 aromatic heterocycles. The molecule has 21 heavy (non-hydrogen) atoms. The number of Topliss-reactive ketones (excluding diaryl/α,β-unsaturated/α-hetero) is 1. The Morgan fingerprint density at radius 3 is 2.81 bits per heavy atom. The Labute approximate surface area is 122 Å². The summed E-state index contributed by atoms with van der Waals surface area (Å²) in [5.41, 5.74) is 0.384. The number of rotatable bonds is 3. The number of amides is 1. The number of aromatic hydroxyl groups is 2. The zero-order valence-electron chi connectivity index (χ0n) is 11.7. The molecule has 6 nitrogen and oxygen atoms in total. The van der Waals surface area contributed by atoms with Gasteiger partial charge in [0.1, 0.15) is 0 Å². The van der Waals surface area contributed by atoms with Crippen molar-refractivity contribution in [1.29, 1.82) is 0 Å². The molecule has 2 N–H and O–H groups in total. The minimum Gasteiger partial charge on any atom is -0.504 e. The Morgan fingerprint density at radius 1 is 1.24 bits per heavy atom. The molecule has 0 bridgehead atoms. The molecule has 6 heteroatoms. The maximum atomic E-state index is 12.2. The molecule has 3 rings (SSSR count). The van der Waals surface area contributed by atoms with Gasteiger partial charge in [0, 0.05) is 37.7 Å². The van der Waals surface area contributed by atoms with E-state index in [0.717, 1.165) is 13.0 Å². The smallest absolute Gasteiger partial charge is 0.222 e. The first kappa shape index (κ1) is 13.9. The number of piperazine rings is 1. The second-order valence-electron chi connectivity index (χ2n) is 5.64. The van der Waals surface area contributed by atoms with Gasteiger partial charge in [0.05, 0.1) is 6.54 Å². The highest BCUT2D eigenvalue weighted by Crippen LogP contribution is 2.26. The van der Waals surface area contributed by atoms with Crippen LogP contribution in [0.2, 0.25) is 0 Å². The van der Waals surface area contributed by atoms with Crippen molar-refractivity contribution in [2.75, 3.05) is 26.2 Å². The van der Waals surface area contributed by atoms with Crippen LogP contribution in [0.25, 0.3) is 0 Å². The maximum Gasteiger partial charge on any atom is 0.222 e. The summed E-state index contributed by atoms with van der Waals surface area (Å²) in [6.45, 7) is 2.36. The average Bonchev–Trinajstić information content (AvgIpc) is 2.83. The third-order valence-electron chi connectivity index (χ3n) is 4.24. The first-order valence-corrected chi connectivity index (χ1v) is 7.11. The lowest BCUT2D eigenvalue weighted by Crippen LogP contribution is -2.52. The van der Waals surface area contributed by atoms with Crippen LogP contribution < -0.4 is 0 Å². The molecule has 2 saturated heterocycles. The largest absolute Gasteiger partial charge is 0.504 e. The minimum atomic E-state index is -0.285. The zero-order valence-corrected chi connectivity index (χ0v) is 11.7. The van der Waals surface area contributed by atoms with Gasteiger partial charge in [0.15, 0.2) is 17.3 Å². The molecular formula is C15H18N2O4. The highest BCUT2D eigenvalue weighted by molar-refractivity contribution is 5.98. The number of carbonyl (C=O) groups is 2. The number of phenols is 2. The lowest BCUT2D eigenvalue weighted by atomic mass is 10.1. The topological polar surface area (TPSA) is 81.1 Å². The van der Waals surface area contributed by atoms with E-state index in [1.54, 1.807) is 0 Å². The average molecular weight is 290 g/mol. The van der Waals surface area contributed by atoms with Gasteiger partial charge in [0.25, 0.3) is 0 Å². The van der Waals surface area contributed by atoms with Crippen LogP contribution in [-0.2, 0) is 4.79 Å². The highest BCUT2D eigenvalue weighted by Gasteiger charge is 2.35. The third kappa shape index (κ3) is 2.71. The lowest BCUT2D eigenvalue weighted by Gasteiger charge is -2.37. The Balaban J connectivity index is 1.63. The van der Waals surface area contributed by atoms with Crippen LogP contribution >= 0.6 is 0 Å². The van der Waals surface area contributed by atoms with Crippen molar-refractivity contribution in [2.24, 2.45) is 0 Å². The second-order valence-corrected chi connectivity index (χ2v) is 5.64. The molecule has 1 amide bonds. The molecule has 0 spiro atoms. The molecule has 2 aliphatic rings. The van der Waals surface area contributed by atoms with Crippen LogP contribution in [-0.4, -0.2) is 63.9 Å². The maximum absolute atomic E-state index is 12.2. The summed E-state index contributed by atoms with van der Waals surface area (Å²) >= 11 is 0. The van der Waals surface area contributed by atoms with Gasteiger partial charge in [0.2, 0.25) is 5.91 Å². The number of fused-ring (bicyclic) bond motifs is 1. The van der Waals surface area contributed by atoms with E-state index < -0.39 is 0 Å². The lowest BCUT2D eigenvalue weighted by molar-refractivity contribution is -0.130. The summed E-state index contributed by atoms with van der Waals surface area (Å²) in [5, 5.41) is 18.7. The number of hydrogen-bond donors (Lipinski definition) is 2. The molecule has 1 aromatic carbocycles. The summed E-state index contributed by atoms with van der Waals surface area (Å²) in [6.07, 6.45) is 1.47. The van der Waals surface area contributed by atoms with Crippen molar-refractivity contribution in [3.63, 3.8) is 0 Å². The summed E-state index contributed by atoms with van der Waals surface area (Å²) < 4.78 is 0. The van der Waals surface area contributed by atoms with Crippen LogP contribution in [0.1, 0.15) is 23.2 Å². The molecule has 1 atom stereocenters. The van der Waals surface area contributed by atoms with Crippen LogP contribution in [0.15, 0.2) is 18.2 Å². The first-order chi connectivity index (χ1) is 10.0. The molecule has 2 aliphatic heterocycles. The molecule has 0 aliphatic carbocycles. The van der Waals surface area contributed by atoms with Crippen LogP contribution in [0, 0.1) is 0 Å². The molecule has 2 heterocycles. The first-order valence-electron chi connectivity index (χ1n) is 7.11.